The number of fused-ring (bicyclic) bond motifs is 1. The molecule has 0 radical (unpaired) electrons. The molecular formula is C10H16ClN5O8P2. The van der Waals surface area contributed by atoms with E-state index in [1.807, 2.05) is 0 Å². The Morgan fingerprint density at radius 1 is 1.19 bits per heavy atom. The molecular weight excluding hydrogens is 416 g/mol. The molecule has 13 nitrogen and oxygen atoms in total. The number of phosphoric acid groups is 2. The highest BCUT2D eigenvalue weighted by Gasteiger charge is 2.24. The van der Waals surface area contributed by atoms with Crippen molar-refractivity contribution in [3.05, 3.63) is 11.6 Å². The monoisotopic (exact) mass is 431 g/mol. The number of phosphoric ester groups is 2. The van der Waals surface area contributed by atoms with Gasteiger partial charge >= 0.3 is 15.6 Å². The fraction of sp³-hybridized carbons (Fsp3) is 0.500. The molecule has 2 heterocycles. The van der Waals surface area contributed by atoms with Crippen LogP contribution in [0.3, 0.4) is 0 Å². The van der Waals surface area contributed by atoms with Crippen molar-refractivity contribution in [2.75, 3.05) is 25.6 Å². The fourth-order valence-electron chi connectivity index (χ4n) is 2.06. The predicted molar refractivity (Wildman–Crippen MR) is 89.4 cm³/mol. The van der Waals surface area contributed by atoms with Crippen LogP contribution in [0.2, 0.25) is 5.28 Å². The van der Waals surface area contributed by atoms with E-state index in [9.17, 15) is 9.13 Å². The van der Waals surface area contributed by atoms with E-state index in [1.54, 1.807) is 7.05 Å². The van der Waals surface area contributed by atoms with Gasteiger partial charge in [0.2, 0.25) is 5.28 Å². The van der Waals surface area contributed by atoms with Crippen LogP contribution in [0.15, 0.2) is 6.33 Å². The van der Waals surface area contributed by atoms with Crippen molar-refractivity contribution in [1.29, 1.82) is 0 Å². The average Bonchev–Trinajstić information content (AvgIpc) is 2.90. The van der Waals surface area contributed by atoms with E-state index in [2.05, 4.69) is 29.3 Å². The van der Waals surface area contributed by atoms with Gasteiger partial charge in [-0.2, -0.15) is 9.97 Å². The summed E-state index contributed by atoms with van der Waals surface area (Å²) in [5, 5.41) is 2.74. The zero-order valence-corrected chi connectivity index (χ0v) is 15.8. The van der Waals surface area contributed by atoms with Crippen LogP contribution in [0.5, 0.6) is 0 Å². The van der Waals surface area contributed by atoms with Gasteiger partial charge in [0.05, 0.1) is 19.5 Å². The summed E-state index contributed by atoms with van der Waals surface area (Å²) < 4.78 is 32.1. The summed E-state index contributed by atoms with van der Waals surface area (Å²) in [6.07, 6.45) is 1.37. The predicted octanol–water partition coefficient (Wildman–Crippen LogP) is 0.356. The number of aromatic nitrogens is 4. The van der Waals surface area contributed by atoms with E-state index in [4.69, 9.17) is 31.2 Å². The van der Waals surface area contributed by atoms with Crippen molar-refractivity contribution >= 4 is 44.2 Å². The number of anilines is 1. The minimum absolute atomic E-state index is 0.0208. The molecule has 0 bridgehead atoms. The van der Waals surface area contributed by atoms with Gasteiger partial charge < -0.3 is 29.5 Å². The van der Waals surface area contributed by atoms with Gasteiger partial charge in [-0.15, -0.1) is 0 Å². The lowest BCUT2D eigenvalue weighted by molar-refractivity contribution is 0.110. The topological polar surface area (TPSA) is 189 Å². The minimum Gasteiger partial charge on any atom is -0.371 e. The molecule has 2 rings (SSSR count). The number of hydrogen-bond donors (Lipinski definition) is 5. The number of rotatable bonds is 9. The summed E-state index contributed by atoms with van der Waals surface area (Å²) in [7, 11) is -7.93. The summed E-state index contributed by atoms with van der Waals surface area (Å²) in [4.78, 5) is 47.4. The van der Waals surface area contributed by atoms with E-state index < -0.39 is 34.8 Å². The first-order valence-corrected chi connectivity index (χ1v) is 10.4. The summed E-state index contributed by atoms with van der Waals surface area (Å²) in [5.74, 6) is -0.465. The van der Waals surface area contributed by atoms with Crippen LogP contribution < -0.4 is 5.32 Å². The molecule has 0 saturated heterocycles. The number of nitrogens with one attached hydrogen (secondary N) is 1. The molecule has 0 atom stereocenters. The zero-order chi connectivity index (χ0) is 19.5. The van der Waals surface area contributed by atoms with Crippen LogP contribution in [-0.2, 0) is 24.7 Å². The second kappa shape index (κ2) is 8.26. The number of imidazole rings is 1. The Morgan fingerprint density at radius 3 is 2.27 bits per heavy atom. The highest BCUT2D eigenvalue weighted by Crippen LogP contribution is 2.39. The normalized spacial score (nSPS) is 12.9. The maximum absolute atomic E-state index is 10.9. The van der Waals surface area contributed by atoms with Gasteiger partial charge in [-0.3, -0.25) is 9.05 Å². The van der Waals surface area contributed by atoms with Gasteiger partial charge in [-0.1, -0.05) is 0 Å². The van der Waals surface area contributed by atoms with Gasteiger partial charge in [0.15, 0.2) is 17.0 Å². The first-order valence-electron chi connectivity index (χ1n) is 6.95. The Labute approximate surface area is 151 Å². The Kier molecular flexibility index (Phi) is 6.72. The van der Waals surface area contributed by atoms with Crippen molar-refractivity contribution in [3.8, 4) is 0 Å². The molecule has 2 aromatic rings. The summed E-state index contributed by atoms with van der Waals surface area (Å²) in [5.41, 5.74) is 0.703. The lowest BCUT2D eigenvalue weighted by Crippen LogP contribution is -2.21. The van der Waals surface area contributed by atoms with Crippen molar-refractivity contribution in [2.24, 2.45) is 5.92 Å². The van der Waals surface area contributed by atoms with E-state index in [0.717, 1.165) is 0 Å². The smallest absolute Gasteiger partial charge is 0.371 e. The van der Waals surface area contributed by atoms with Gasteiger partial charge in [-0.25, -0.2) is 14.1 Å². The highest BCUT2D eigenvalue weighted by molar-refractivity contribution is 7.46. The molecule has 0 aliphatic carbocycles. The Balaban J connectivity index is 2.26. The van der Waals surface area contributed by atoms with Crippen molar-refractivity contribution < 1.29 is 37.8 Å². The van der Waals surface area contributed by atoms with Gasteiger partial charge in [0.1, 0.15) is 0 Å². The zero-order valence-electron chi connectivity index (χ0n) is 13.3. The van der Waals surface area contributed by atoms with Gasteiger partial charge in [0.25, 0.3) is 0 Å². The first kappa shape index (κ1) is 21.2. The van der Waals surface area contributed by atoms with E-state index in [-0.39, 0.29) is 11.8 Å². The van der Waals surface area contributed by atoms with Gasteiger partial charge in [-0.05, 0) is 11.6 Å². The van der Waals surface area contributed by atoms with Crippen LogP contribution in [0.4, 0.5) is 5.82 Å². The van der Waals surface area contributed by atoms with Gasteiger partial charge in [0, 0.05) is 19.5 Å². The summed E-state index contributed by atoms with van der Waals surface area (Å²) >= 11 is 5.85. The maximum atomic E-state index is 10.9. The van der Waals surface area contributed by atoms with Crippen LogP contribution in [0, 0.1) is 5.92 Å². The second-order valence-corrected chi connectivity index (χ2v) is 7.92. The number of nitrogens with zero attached hydrogens (tertiary/aromatic N) is 4. The van der Waals surface area contributed by atoms with E-state index in [1.165, 1.54) is 10.9 Å². The molecule has 0 unspecified atom stereocenters. The van der Waals surface area contributed by atoms with Crippen molar-refractivity contribution in [3.63, 3.8) is 0 Å². The second-order valence-electron chi connectivity index (χ2n) is 5.10. The van der Waals surface area contributed by atoms with E-state index in [0.29, 0.717) is 17.0 Å². The summed E-state index contributed by atoms with van der Waals surface area (Å²) in [6.45, 7) is -1.07. The number of halogens is 1. The minimum atomic E-state index is -4.77. The molecule has 0 aliphatic heterocycles. The fourth-order valence-corrected chi connectivity index (χ4v) is 3.04. The van der Waals surface area contributed by atoms with Crippen molar-refractivity contribution in [1.82, 2.24) is 19.5 Å². The molecule has 2 aromatic heterocycles. The third-order valence-electron chi connectivity index (χ3n) is 3.09. The molecule has 0 amide bonds. The highest BCUT2D eigenvalue weighted by atomic mass is 35.5. The lowest BCUT2D eigenvalue weighted by atomic mass is 10.2. The third-order valence-corrected chi connectivity index (χ3v) is 4.22. The van der Waals surface area contributed by atoms with Crippen LogP contribution in [0.1, 0.15) is 0 Å². The first-order chi connectivity index (χ1) is 12.0. The maximum Gasteiger partial charge on any atom is 0.469 e. The van der Waals surface area contributed by atoms with Crippen LogP contribution in [-0.4, -0.2) is 59.4 Å². The molecule has 16 heteroatoms. The Morgan fingerprint density at radius 2 is 1.77 bits per heavy atom. The van der Waals surface area contributed by atoms with E-state index >= 15 is 0 Å². The summed E-state index contributed by atoms with van der Waals surface area (Å²) in [6, 6.07) is 0. The molecule has 0 fully saturated rings. The molecule has 0 aromatic carbocycles. The SMILES string of the molecule is CNc1nc(Cl)nc2c1ncn2CC(COP(=O)(O)O)COP(=O)(O)O. The standard InChI is InChI=1S/C10H16ClN5O8P2/c1-12-8-7-9(15-10(11)14-8)16(5-13-7)2-6(3-23-25(17,18)19)4-24-26(20,21)22/h5-6H,2-4H2,1H3,(H,12,14,15)(H2,17,18,19)(H2,20,21,22). The average molecular weight is 432 g/mol. The molecule has 26 heavy (non-hydrogen) atoms. The third kappa shape index (κ3) is 6.23. The quantitative estimate of drug-likeness (QED) is 0.271. The van der Waals surface area contributed by atoms with Crippen LogP contribution in [0.25, 0.3) is 11.2 Å². The molecule has 0 saturated carbocycles. The molecule has 0 spiro atoms. The Hall–Kier alpha value is -1.14. The van der Waals surface area contributed by atoms with Crippen molar-refractivity contribution in [2.45, 2.75) is 6.54 Å². The molecule has 0 aliphatic rings. The molecule has 146 valence electrons. The number of hydrogen-bond acceptors (Lipinski definition) is 8. The molecule has 5 N–H and O–H groups in total. The largest absolute Gasteiger partial charge is 0.469 e. The lowest BCUT2D eigenvalue weighted by Gasteiger charge is -2.18. The van der Waals surface area contributed by atoms with Crippen LogP contribution >= 0.6 is 27.2 Å². The Bertz CT molecular complexity index is 840.